The first-order valence-electron chi connectivity index (χ1n) is 12.9. The van der Waals surface area contributed by atoms with Crippen LogP contribution in [0.25, 0.3) is 5.65 Å². The van der Waals surface area contributed by atoms with Gasteiger partial charge in [-0.1, -0.05) is 0 Å². The van der Waals surface area contributed by atoms with Gasteiger partial charge in [-0.25, -0.2) is 22.7 Å². The molecule has 0 spiro atoms. The van der Waals surface area contributed by atoms with E-state index in [1.807, 2.05) is 5.32 Å². The number of hydrogen-bond donors (Lipinski definition) is 3. The van der Waals surface area contributed by atoms with E-state index in [-0.39, 0.29) is 29.7 Å². The zero-order chi connectivity index (χ0) is 31.5. The lowest BCUT2D eigenvalue weighted by molar-refractivity contribution is -0.145. The van der Waals surface area contributed by atoms with Gasteiger partial charge in [-0.15, -0.1) is 0 Å². The monoisotopic (exact) mass is 623 g/mol. The Hall–Kier alpha value is -4.02. The molecule has 3 N–H and O–H groups in total. The van der Waals surface area contributed by atoms with Crippen molar-refractivity contribution in [1.29, 1.82) is 0 Å². The van der Waals surface area contributed by atoms with Crippen molar-refractivity contribution in [3.8, 4) is 5.75 Å². The zero-order valence-corrected chi connectivity index (χ0v) is 22.1. The minimum atomic E-state index is -4.57. The number of carbonyl (C=O) groups is 2. The number of carbonyl (C=O) groups excluding carboxylic acids is 2. The van der Waals surface area contributed by atoms with Crippen molar-refractivity contribution in [2.45, 2.75) is 69.5 Å². The van der Waals surface area contributed by atoms with Crippen molar-refractivity contribution in [2.24, 2.45) is 5.92 Å². The summed E-state index contributed by atoms with van der Waals surface area (Å²) in [5.74, 6) is -7.18. The molecular formula is C26H25F8N5O4. The quantitative estimate of drug-likeness (QED) is 0.211. The van der Waals surface area contributed by atoms with Gasteiger partial charge in [0.05, 0.1) is 36.1 Å². The average Bonchev–Trinajstić information content (AvgIpc) is 3.34. The molecule has 1 saturated carbocycles. The molecular weight excluding hydrogens is 598 g/mol. The van der Waals surface area contributed by atoms with Crippen LogP contribution in [0.5, 0.6) is 5.75 Å². The van der Waals surface area contributed by atoms with Crippen LogP contribution in [0.2, 0.25) is 0 Å². The van der Waals surface area contributed by atoms with E-state index in [0.717, 1.165) is 24.4 Å². The van der Waals surface area contributed by atoms with Gasteiger partial charge in [0.15, 0.2) is 11.9 Å². The van der Waals surface area contributed by atoms with Gasteiger partial charge >= 0.3 is 12.8 Å². The van der Waals surface area contributed by atoms with E-state index in [1.54, 1.807) is 0 Å². The Balaban J connectivity index is 1.59. The third-order valence-electron chi connectivity index (χ3n) is 6.85. The first-order valence-corrected chi connectivity index (χ1v) is 12.9. The Kier molecular flexibility index (Phi) is 9.41. The Morgan fingerprint density at radius 3 is 2.49 bits per heavy atom. The third-order valence-corrected chi connectivity index (χ3v) is 6.85. The molecule has 2 atom stereocenters. The second-order valence-electron chi connectivity index (χ2n) is 10.0. The average molecular weight is 624 g/mol. The summed E-state index contributed by atoms with van der Waals surface area (Å²) < 4.78 is 110. The first kappa shape index (κ1) is 31.9. The second-order valence-corrected chi connectivity index (χ2v) is 10.0. The molecule has 4 rings (SSSR count). The Morgan fingerprint density at radius 2 is 1.84 bits per heavy atom. The number of halogens is 8. The minimum absolute atomic E-state index is 0.0409. The standard InChI is InChI=1S/C26H25F8N5O4/c27-17-2-1-15(43-24(28)29)10-16(17)23(42)38-21(13-3-6-25(30,31)7-4-13)18-12-39-19(36-18)9-14(11-35-39)22(41)37-20(40)5-8-26(32,33)34/h1-2,9-13,21-22,24,41H,3-8H2,(H,37,40)(H,38,42)/t21-,22+/m0/s1. The van der Waals surface area contributed by atoms with Gasteiger partial charge in [0, 0.05) is 24.8 Å². The van der Waals surface area contributed by atoms with Crippen molar-refractivity contribution in [2.75, 3.05) is 0 Å². The topological polar surface area (TPSA) is 118 Å². The lowest BCUT2D eigenvalue weighted by Gasteiger charge is -2.33. The highest BCUT2D eigenvalue weighted by atomic mass is 19.4. The van der Waals surface area contributed by atoms with E-state index in [9.17, 15) is 49.8 Å². The minimum Gasteiger partial charge on any atom is -0.435 e. The number of aromatic nitrogens is 3. The molecule has 2 amide bonds. The van der Waals surface area contributed by atoms with E-state index in [0.29, 0.717) is 0 Å². The highest BCUT2D eigenvalue weighted by Crippen LogP contribution is 2.41. The molecule has 1 aliphatic carbocycles. The van der Waals surface area contributed by atoms with Gasteiger partial charge in [-0.05, 0) is 43.0 Å². The molecule has 0 unspecified atom stereocenters. The van der Waals surface area contributed by atoms with E-state index < -0.39 is 91.5 Å². The fourth-order valence-electron chi connectivity index (χ4n) is 4.68. The molecule has 234 valence electrons. The lowest BCUT2D eigenvalue weighted by atomic mass is 9.81. The van der Waals surface area contributed by atoms with Gasteiger partial charge in [-0.3, -0.25) is 9.59 Å². The molecule has 43 heavy (non-hydrogen) atoms. The molecule has 17 heteroatoms. The maximum atomic E-state index is 14.5. The lowest BCUT2D eigenvalue weighted by Crippen LogP contribution is -2.37. The van der Waals surface area contributed by atoms with Crippen LogP contribution in [0.1, 0.15) is 72.4 Å². The Morgan fingerprint density at radius 1 is 1.14 bits per heavy atom. The molecule has 2 aromatic heterocycles. The first-order chi connectivity index (χ1) is 20.1. The highest BCUT2D eigenvalue weighted by Gasteiger charge is 2.39. The molecule has 1 aromatic carbocycles. The molecule has 0 aliphatic heterocycles. The summed E-state index contributed by atoms with van der Waals surface area (Å²) >= 11 is 0. The number of hydrogen-bond acceptors (Lipinski definition) is 6. The van der Waals surface area contributed by atoms with Crippen LogP contribution in [-0.4, -0.2) is 50.2 Å². The number of benzene rings is 1. The molecule has 0 radical (unpaired) electrons. The molecule has 0 saturated heterocycles. The summed E-state index contributed by atoms with van der Waals surface area (Å²) in [5.41, 5.74) is -0.522. The number of fused-ring (bicyclic) bond motifs is 1. The molecule has 2 heterocycles. The van der Waals surface area contributed by atoms with E-state index in [1.165, 1.54) is 16.8 Å². The number of ether oxygens (including phenoxy) is 1. The van der Waals surface area contributed by atoms with Crippen LogP contribution in [0, 0.1) is 11.7 Å². The number of imidazole rings is 1. The van der Waals surface area contributed by atoms with Crippen molar-refractivity contribution >= 4 is 17.5 Å². The summed E-state index contributed by atoms with van der Waals surface area (Å²) in [6, 6.07) is 2.61. The van der Waals surface area contributed by atoms with Crippen LogP contribution in [-0.2, 0) is 4.79 Å². The van der Waals surface area contributed by atoms with Crippen molar-refractivity contribution in [1.82, 2.24) is 25.2 Å². The van der Waals surface area contributed by atoms with E-state index >= 15 is 0 Å². The predicted octanol–water partition coefficient (Wildman–Crippen LogP) is 5.22. The summed E-state index contributed by atoms with van der Waals surface area (Å²) in [6.07, 6.45) is -7.25. The van der Waals surface area contributed by atoms with Crippen LogP contribution in [0.4, 0.5) is 35.1 Å². The highest BCUT2D eigenvalue weighted by molar-refractivity contribution is 5.95. The molecule has 1 fully saturated rings. The number of aliphatic hydroxyl groups is 1. The Bertz CT molecular complexity index is 1460. The molecule has 0 bridgehead atoms. The number of alkyl halides is 7. The van der Waals surface area contributed by atoms with Gasteiger partial charge in [-0.2, -0.15) is 27.1 Å². The summed E-state index contributed by atoms with van der Waals surface area (Å²) in [6.45, 7) is -3.24. The maximum Gasteiger partial charge on any atom is 0.389 e. The van der Waals surface area contributed by atoms with Crippen molar-refractivity contribution < 1.29 is 54.6 Å². The summed E-state index contributed by atoms with van der Waals surface area (Å²) in [7, 11) is 0. The third kappa shape index (κ3) is 8.52. The van der Waals surface area contributed by atoms with Crippen LogP contribution in [0.3, 0.4) is 0 Å². The number of rotatable bonds is 10. The maximum absolute atomic E-state index is 14.5. The zero-order valence-electron chi connectivity index (χ0n) is 22.1. The predicted molar refractivity (Wildman–Crippen MR) is 132 cm³/mol. The number of nitrogens with one attached hydrogen (secondary N) is 2. The van der Waals surface area contributed by atoms with Gasteiger partial charge in [0.25, 0.3) is 5.91 Å². The van der Waals surface area contributed by atoms with Crippen molar-refractivity contribution in [3.63, 3.8) is 0 Å². The molecule has 1 aliphatic rings. The van der Waals surface area contributed by atoms with Crippen LogP contribution in [0.15, 0.2) is 36.7 Å². The fourth-order valence-corrected chi connectivity index (χ4v) is 4.68. The number of aliphatic hydroxyl groups excluding tert-OH is 1. The van der Waals surface area contributed by atoms with Crippen LogP contribution < -0.4 is 15.4 Å². The van der Waals surface area contributed by atoms with Gasteiger partial charge in [0.1, 0.15) is 11.6 Å². The van der Waals surface area contributed by atoms with E-state index in [4.69, 9.17) is 0 Å². The Labute approximate surface area is 238 Å². The van der Waals surface area contributed by atoms with Gasteiger partial charge in [0.2, 0.25) is 11.8 Å². The van der Waals surface area contributed by atoms with Crippen LogP contribution >= 0.6 is 0 Å². The smallest absolute Gasteiger partial charge is 0.389 e. The normalized spacial score (nSPS) is 17.1. The second kappa shape index (κ2) is 12.7. The SMILES string of the molecule is O=C(CCC(F)(F)F)N[C@H](O)c1cnn2cc([C@@H](NC(=O)c3cc(OC(F)F)ccc3F)C3CCC(F)(F)CC3)nc2c1. The molecule has 3 aromatic rings. The summed E-state index contributed by atoms with van der Waals surface area (Å²) in [4.78, 5) is 29.2. The number of amides is 2. The number of nitrogens with zero attached hydrogens (tertiary/aromatic N) is 3. The van der Waals surface area contributed by atoms with E-state index in [2.05, 4.69) is 20.1 Å². The largest absolute Gasteiger partial charge is 0.435 e. The van der Waals surface area contributed by atoms with Crippen molar-refractivity contribution in [3.05, 3.63) is 59.3 Å². The fraction of sp³-hybridized carbons (Fsp3) is 0.462. The van der Waals surface area contributed by atoms with Gasteiger partial charge < -0.3 is 20.5 Å². The molecule has 9 nitrogen and oxygen atoms in total. The summed E-state index contributed by atoms with van der Waals surface area (Å²) in [5, 5.41) is 18.9.